The third kappa shape index (κ3) is 4.25. The molecule has 1 aromatic carbocycles. The van der Waals surface area contributed by atoms with Gasteiger partial charge in [-0.3, -0.25) is 10.1 Å². The number of thiophene rings is 1. The number of hydrogen-bond acceptors (Lipinski definition) is 8. The van der Waals surface area contributed by atoms with Crippen molar-refractivity contribution in [3.63, 3.8) is 0 Å². The van der Waals surface area contributed by atoms with Gasteiger partial charge in [0, 0.05) is 11.4 Å². The average molecular weight is 372 g/mol. The van der Waals surface area contributed by atoms with Crippen LogP contribution >= 0.6 is 11.3 Å². The highest BCUT2D eigenvalue weighted by Gasteiger charge is 2.24. The summed E-state index contributed by atoms with van der Waals surface area (Å²) in [5.74, 6) is 1.08. The molecule has 3 rings (SSSR count). The Morgan fingerprint density at radius 3 is 2.62 bits per heavy atom. The van der Waals surface area contributed by atoms with Crippen molar-refractivity contribution in [1.29, 1.82) is 0 Å². The predicted octanol–water partition coefficient (Wildman–Crippen LogP) is 3.90. The first kappa shape index (κ1) is 17.6. The molecule has 0 atom stereocenters. The van der Waals surface area contributed by atoms with Crippen molar-refractivity contribution in [2.75, 3.05) is 19.0 Å². The van der Waals surface area contributed by atoms with Gasteiger partial charge in [0.05, 0.1) is 12.0 Å². The molecule has 2 heterocycles. The van der Waals surface area contributed by atoms with E-state index >= 15 is 0 Å². The minimum atomic E-state index is -0.549. The van der Waals surface area contributed by atoms with E-state index in [-0.39, 0.29) is 17.4 Å². The van der Waals surface area contributed by atoms with Crippen molar-refractivity contribution in [2.45, 2.75) is 6.42 Å². The lowest BCUT2D eigenvalue weighted by atomic mass is 10.3. The molecule has 0 saturated carbocycles. The van der Waals surface area contributed by atoms with Crippen molar-refractivity contribution >= 4 is 22.8 Å². The van der Waals surface area contributed by atoms with Crippen molar-refractivity contribution in [2.24, 2.45) is 0 Å². The maximum atomic E-state index is 11.5. The largest absolute Gasteiger partial charge is 0.497 e. The van der Waals surface area contributed by atoms with Gasteiger partial charge >= 0.3 is 11.6 Å². The van der Waals surface area contributed by atoms with Gasteiger partial charge in [-0.05, 0) is 42.1 Å². The first-order valence-electron chi connectivity index (χ1n) is 7.75. The predicted molar refractivity (Wildman–Crippen MR) is 98.3 cm³/mol. The Bertz CT molecular complexity index is 869. The van der Waals surface area contributed by atoms with E-state index in [0.29, 0.717) is 18.0 Å². The molecular formula is C17H16N4O4S. The lowest BCUT2D eigenvalue weighted by Gasteiger charge is -2.09. The molecule has 9 heteroatoms. The van der Waals surface area contributed by atoms with Crippen LogP contribution in [0.2, 0.25) is 0 Å². The number of anilines is 1. The van der Waals surface area contributed by atoms with Gasteiger partial charge in [-0.15, -0.1) is 11.3 Å². The molecule has 26 heavy (non-hydrogen) atoms. The number of hydrogen-bond donors (Lipinski definition) is 1. The van der Waals surface area contributed by atoms with Crippen LogP contribution in [0.4, 0.5) is 11.5 Å². The molecule has 0 radical (unpaired) electrons. The first-order chi connectivity index (χ1) is 12.7. The zero-order valence-corrected chi connectivity index (χ0v) is 14.7. The second-order valence-electron chi connectivity index (χ2n) is 5.17. The van der Waals surface area contributed by atoms with Crippen LogP contribution in [-0.4, -0.2) is 28.5 Å². The summed E-state index contributed by atoms with van der Waals surface area (Å²) in [5.41, 5.74) is -0.297. The quantitative estimate of drug-likeness (QED) is 0.473. The van der Waals surface area contributed by atoms with Gasteiger partial charge in [-0.25, -0.2) is 4.98 Å². The molecule has 0 aliphatic heterocycles. The number of aromatic nitrogens is 2. The Morgan fingerprint density at radius 1 is 1.19 bits per heavy atom. The third-order valence-electron chi connectivity index (χ3n) is 3.49. The first-order valence-corrected chi connectivity index (χ1v) is 8.63. The number of nitrogens with zero attached hydrogens (tertiary/aromatic N) is 3. The molecular weight excluding hydrogens is 356 g/mol. The summed E-state index contributed by atoms with van der Waals surface area (Å²) >= 11 is 1.63. The minimum Gasteiger partial charge on any atom is -0.497 e. The average Bonchev–Trinajstić information content (AvgIpc) is 3.16. The zero-order chi connectivity index (χ0) is 18.4. The molecule has 134 valence electrons. The number of methoxy groups -OCH3 is 1. The molecule has 3 aromatic rings. The van der Waals surface area contributed by atoms with E-state index in [1.165, 1.54) is 11.2 Å². The number of nitrogens with one attached hydrogen (secondary N) is 1. The van der Waals surface area contributed by atoms with Gasteiger partial charge in [-0.2, -0.15) is 4.98 Å². The molecule has 0 bridgehead atoms. The van der Waals surface area contributed by atoms with E-state index in [9.17, 15) is 10.1 Å². The third-order valence-corrected chi connectivity index (χ3v) is 4.43. The van der Waals surface area contributed by atoms with Crippen molar-refractivity contribution in [3.05, 3.63) is 63.1 Å². The Morgan fingerprint density at radius 2 is 1.96 bits per heavy atom. The highest BCUT2D eigenvalue weighted by Crippen LogP contribution is 2.34. The number of ether oxygens (including phenoxy) is 2. The monoisotopic (exact) mass is 372 g/mol. The molecule has 8 nitrogen and oxygen atoms in total. The molecule has 0 amide bonds. The van der Waals surface area contributed by atoms with Gasteiger partial charge in [-0.1, -0.05) is 6.07 Å². The minimum absolute atomic E-state index is 0.117. The van der Waals surface area contributed by atoms with Crippen molar-refractivity contribution in [1.82, 2.24) is 9.97 Å². The molecule has 1 N–H and O–H groups in total. The Balaban J connectivity index is 1.77. The van der Waals surface area contributed by atoms with Crippen LogP contribution in [0.1, 0.15) is 4.88 Å². The summed E-state index contributed by atoms with van der Waals surface area (Å²) in [6.45, 7) is 0.514. The molecule has 0 saturated heterocycles. The van der Waals surface area contributed by atoms with Crippen LogP contribution in [0.15, 0.2) is 48.1 Å². The van der Waals surface area contributed by atoms with Gasteiger partial charge in [0.25, 0.3) is 0 Å². The van der Waals surface area contributed by atoms with E-state index in [1.807, 2.05) is 17.5 Å². The molecule has 0 unspecified atom stereocenters. The highest BCUT2D eigenvalue weighted by atomic mass is 32.1. The topological polar surface area (TPSA) is 99.4 Å². The zero-order valence-electron chi connectivity index (χ0n) is 13.9. The molecule has 0 fully saturated rings. The van der Waals surface area contributed by atoms with E-state index in [4.69, 9.17) is 9.47 Å². The normalized spacial score (nSPS) is 10.3. The van der Waals surface area contributed by atoms with Gasteiger partial charge in [0.15, 0.2) is 0 Å². The van der Waals surface area contributed by atoms with Gasteiger partial charge in [0.1, 0.15) is 17.8 Å². The number of rotatable bonds is 8. The maximum absolute atomic E-state index is 11.5. The molecule has 0 aliphatic carbocycles. The molecule has 2 aromatic heterocycles. The van der Waals surface area contributed by atoms with Crippen LogP contribution in [0.5, 0.6) is 17.4 Å². The smallest absolute Gasteiger partial charge is 0.373 e. The van der Waals surface area contributed by atoms with Gasteiger partial charge in [0.2, 0.25) is 5.82 Å². The Hall–Kier alpha value is -3.20. The van der Waals surface area contributed by atoms with E-state index in [2.05, 4.69) is 15.3 Å². The second kappa shape index (κ2) is 8.26. The summed E-state index contributed by atoms with van der Waals surface area (Å²) in [6, 6.07) is 10.7. The number of benzene rings is 1. The number of nitro groups is 1. The summed E-state index contributed by atoms with van der Waals surface area (Å²) in [4.78, 5) is 20.0. The van der Waals surface area contributed by atoms with Crippen LogP contribution in [-0.2, 0) is 6.42 Å². The van der Waals surface area contributed by atoms with E-state index < -0.39 is 4.92 Å². The van der Waals surface area contributed by atoms with E-state index in [1.54, 1.807) is 42.7 Å². The Kier molecular flexibility index (Phi) is 5.59. The summed E-state index contributed by atoms with van der Waals surface area (Å²) < 4.78 is 10.7. The van der Waals surface area contributed by atoms with E-state index in [0.717, 1.165) is 6.42 Å². The molecule has 0 spiro atoms. The molecule has 0 aliphatic rings. The summed E-state index contributed by atoms with van der Waals surface area (Å²) in [5, 5.41) is 16.5. The van der Waals surface area contributed by atoms with Crippen LogP contribution in [0, 0.1) is 10.1 Å². The fourth-order valence-corrected chi connectivity index (χ4v) is 2.95. The lowest BCUT2D eigenvalue weighted by Crippen LogP contribution is -2.09. The van der Waals surface area contributed by atoms with Crippen LogP contribution in [0.25, 0.3) is 0 Å². The van der Waals surface area contributed by atoms with Crippen molar-refractivity contribution < 1.29 is 14.4 Å². The lowest BCUT2D eigenvalue weighted by molar-refractivity contribution is -0.385. The second-order valence-corrected chi connectivity index (χ2v) is 6.20. The SMILES string of the molecule is COc1ccc(Oc2ncnc(NCCc3cccs3)c2[N+](=O)[O-])cc1. The van der Waals surface area contributed by atoms with Crippen molar-refractivity contribution in [3.8, 4) is 17.4 Å². The summed E-state index contributed by atoms with van der Waals surface area (Å²) in [6.07, 6.45) is 1.98. The van der Waals surface area contributed by atoms with Crippen LogP contribution < -0.4 is 14.8 Å². The Labute approximate surface area is 153 Å². The highest BCUT2D eigenvalue weighted by molar-refractivity contribution is 7.09. The summed E-state index contributed by atoms with van der Waals surface area (Å²) in [7, 11) is 1.55. The fourth-order valence-electron chi connectivity index (χ4n) is 2.25. The van der Waals surface area contributed by atoms with Crippen LogP contribution in [0.3, 0.4) is 0 Å². The fraction of sp³-hybridized carbons (Fsp3) is 0.176. The standard InChI is InChI=1S/C17H16N4O4S/c1-24-12-4-6-13(7-5-12)25-17-15(21(22)23)16(19-11-20-17)18-9-8-14-3-2-10-26-14/h2-7,10-11H,8-9H2,1H3,(H,18,19,20). The van der Waals surface area contributed by atoms with Gasteiger partial charge < -0.3 is 14.8 Å². The maximum Gasteiger partial charge on any atom is 0.373 e.